The molecule has 1 aromatic heterocycles. The van der Waals surface area contributed by atoms with Crippen molar-refractivity contribution in [3.05, 3.63) is 41.1 Å². The number of nitrogens with zero attached hydrogens (tertiary/aromatic N) is 1. The lowest BCUT2D eigenvalue weighted by Crippen LogP contribution is -1.98. The number of halogens is 1. The van der Waals surface area contributed by atoms with Crippen molar-refractivity contribution in [1.82, 2.24) is 4.98 Å². The minimum Gasteiger partial charge on any atom is -0.497 e. The molecule has 104 valence electrons. The maximum atomic E-state index is 11.3. The molecule has 1 aromatic carbocycles. The number of carbonyl (C=O) groups is 1. The van der Waals surface area contributed by atoms with Crippen molar-refractivity contribution in [2.45, 2.75) is 6.92 Å². The average Bonchev–Trinajstić information content (AvgIpc) is 2.45. The van der Waals surface area contributed by atoms with Crippen LogP contribution in [0.15, 0.2) is 30.3 Å². The van der Waals surface area contributed by atoms with Crippen LogP contribution in [0.3, 0.4) is 0 Å². The van der Waals surface area contributed by atoms with Crippen LogP contribution in [0.25, 0.3) is 17.0 Å². The second-order valence-electron chi connectivity index (χ2n) is 4.01. The Labute approximate surface area is 122 Å². The molecule has 0 amide bonds. The second kappa shape index (κ2) is 6.39. The zero-order valence-corrected chi connectivity index (χ0v) is 12.0. The second-order valence-corrected chi connectivity index (χ2v) is 4.37. The minimum atomic E-state index is -0.408. The van der Waals surface area contributed by atoms with E-state index in [1.165, 1.54) is 6.08 Å². The lowest BCUT2D eigenvalue weighted by molar-refractivity contribution is -0.137. The highest BCUT2D eigenvalue weighted by molar-refractivity contribution is 6.31. The zero-order valence-electron chi connectivity index (χ0n) is 11.2. The quantitative estimate of drug-likeness (QED) is 0.492. The molecule has 0 fully saturated rings. The number of benzene rings is 1. The molecule has 0 spiro atoms. The zero-order chi connectivity index (χ0) is 14.5. The molecule has 0 unspecified atom stereocenters. The molecular formula is C15H14ClNO3. The average molecular weight is 292 g/mol. The van der Waals surface area contributed by atoms with Crippen LogP contribution in [0, 0.1) is 0 Å². The normalized spacial score (nSPS) is 10.9. The number of hydrogen-bond acceptors (Lipinski definition) is 4. The van der Waals surface area contributed by atoms with Crippen LogP contribution in [0.1, 0.15) is 12.5 Å². The summed E-state index contributed by atoms with van der Waals surface area (Å²) in [5.74, 6) is 0.330. The molecule has 20 heavy (non-hydrogen) atoms. The van der Waals surface area contributed by atoms with E-state index in [1.54, 1.807) is 20.1 Å². The van der Waals surface area contributed by atoms with E-state index in [4.69, 9.17) is 21.1 Å². The molecular weight excluding hydrogens is 278 g/mol. The summed E-state index contributed by atoms with van der Waals surface area (Å²) in [5.41, 5.74) is 1.42. The van der Waals surface area contributed by atoms with E-state index in [0.717, 1.165) is 16.7 Å². The van der Waals surface area contributed by atoms with Gasteiger partial charge in [0.25, 0.3) is 0 Å². The van der Waals surface area contributed by atoms with Gasteiger partial charge in [0.1, 0.15) is 10.9 Å². The molecule has 0 aliphatic heterocycles. The molecule has 0 aliphatic rings. The fourth-order valence-corrected chi connectivity index (χ4v) is 1.95. The Bertz CT molecular complexity index is 667. The summed E-state index contributed by atoms with van der Waals surface area (Å²) >= 11 is 6.09. The van der Waals surface area contributed by atoms with Crippen molar-refractivity contribution >= 4 is 34.5 Å². The third-order valence-electron chi connectivity index (χ3n) is 2.69. The summed E-state index contributed by atoms with van der Waals surface area (Å²) in [5, 5.41) is 1.22. The Morgan fingerprint density at radius 2 is 2.20 bits per heavy atom. The molecule has 5 heteroatoms. The number of ether oxygens (including phenoxy) is 2. The van der Waals surface area contributed by atoms with E-state index in [2.05, 4.69) is 4.98 Å². The van der Waals surface area contributed by atoms with Gasteiger partial charge in [-0.15, -0.1) is 0 Å². The standard InChI is InChI=1S/C15H14ClNO3/c1-3-20-14(18)7-4-10-8-11-9-12(19-2)5-6-13(11)17-15(10)16/h4-9H,3H2,1-2H3. The van der Waals surface area contributed by atoms with E-state index >= 15 is 0 Å². The molecule has 0 saturated heterocycles. The van der Waals surface area contributed by atoms with Crippen molar-refractivity contribution < 1.29 is 14.3 Å². The first-order valence-electron chi connectivity index (χ1n) is 6.13. The Balaban J connectivity index is 2.38. The number of fused-ring (bicyclic) bond motifs is 1. The van der Waals surface area contributed by atoms with Gasteiger partial charge < -0.3 is 9.47 Å². The molecule has 2 aromatic rings. The Morgan fingerprint density at radius 1 is 1.40 bits per heavy atom. The van der Waals surface area contributed by atoms with Crippen LogP contribution in [-0.4, -0.2) is 24.7 Å². The lowest BCUT2D eigenvalue weighted by Gasteiger charge is -2.04. The Morgan fingerprint density at radius 3 is 2.90 bits per heavy atom. The van der Waals surface area contributed by atoms with Crippen LogP contribution >= 0.6 is 11.6 Å². The maximum absolute atomic E-state index is 11.3. The summed E-state index contributed by atoms with van der Waals surface area (Å²) in [6.07, 6.45) is 2.92. The van der Waals surface area contributed by atoms with Gasteiger partial charge in [-0.05, 0) is 37.3 Å². The number of pyridine rings is 1. The van der Waals surface area contributed by atoms with E-state index in [0.29, 0.717) is 17.3 Å². The predicted octanol–water partition coefficient (Wildman–Crippen LogP) is 3.47. The van der Waals surface area contributed by atoms with Crippen LogP contribution in [-0.2, 0) is 9.53 Å². The summed E-state index contributed by atoms with van der Waals surface area (Å²) in [6.45, 7) is 2.09. The molecule has 4 nitrogen and oxygen atoms in total. The topological polar surface area (TPSA) is 48.4 Å². The number of aromatic nitrogens is 1. The van der Waals surface area contributed by atoms with Gasteiger partial charge in [0, 0.05) is 17.0 Å². The molecule has 1 heterocycles. The van der Waals surface area contributed by atoms with Gasteiger partial charge in [-0.2, -0.15) is 0 Å². The third-order valence-corrected chi connectivity index (χ3v) is 2.99. The summed E-state index contributed by atoms with van der Waals surface area (Å²) in [7, 11) is 1.60. The van der Waals surface area contributed by atoms with Crippen molar-refractivity contribution in [1.29, 1.82) is 0 Å². The number of esters is 1. The highest BCUT2D eigenvalue weighted by Gasteiger charge is 2.05. The fourth-order valence-electron chi connectivity index (χ4n) is 1.74. The Hall–Kier alpha value is -2.07. The largest absolute Gasteiger partial charge is 0.497 e. The van der Waals surface area contributed by atoms with E-state index in [-0.39, 0.29) is 0 Å². The highest BCUT2D eigenvalue weighted by atomic mass is 35.5. The number of methoxy groups -OCH3 is 1. The number of hydrogen-bond donors (Lipinski definition) is 0. The van der Waals surface area contributed by atoms with E-state index in [9.17, 15) is 4.79 Å². The maximum Gasteiger partial charge on any atom is 0.330 e. The molecule has 2 rings (SSSR count). The van der Waals surface area contributed by atoms with Gasteiger partial charge in [-0.25, -0.2) is 9.78 Å². The molecule has 0 radical (unpaired) electrons. The lowest BCUT2D eigenvalue weighted by atomic mass is 10.1. The first-order valence-corrected chi connectivity index (χ1v) is 6.51. The smallest absolute Gasteiger partial charge is 0.330 e. The van der Waals surface area contributed by atoms with Gasteiger partial charge in [-0.1, -0.05) is 11.6 Å². The van der Waals surface area contributed by atoms with E-state index < -0.39 is 5.97 Å². The first kappa shape index (κ1) is 14.3. The van der Waals surface area contributed by atoms with Crippen molar-refractivity contribution in [3.63, 3.8) is 0 Å². The third kappa shape index (κ3) is 3.27. The summed E-state index contributed by atoms with van der Waals surface area (Å²) < 4.78 is 9.99. The SMILES string of the molecule is CCOC(=O)C=Cc1cc2cc(OC)ccc2nc1Cl. The van der Waals surface area contributed by atoms with Crippen LogP contribution < -0.4 is 4.74 Å². The van der Waals surface area contributed by atoms with Crippen LogP contribution in [0.5, 0.6) is 5.75 Å². The molecule has 0 aliphatic carbocycles. The Kier molecular flexibility index (Phi) is 4.58. The van der Waals surface area contributed by atoms with Crippen molar-refractivity contribution in [3.8, 4) is 5.75 Å². The first-order chi connectivity index (χ1) is 9.63. The van der Waals surface area contributed by atoms with E-state index in [1.807, 2.05) is 24.3 Å². The molecule has 0 atom stereocenters. The highest BCUT2D eigenvalue weighted by Crippen LogP contribution is 2.25. The summed E-state index contributed by atoms with van der Waals surface area (Å²) in [6, 6.07) is 7.36. The number of carbonyl (C=O) groups excluding carboxylic acids is 1. The van der Waals surface area contributed by atoms with Gasteiger partial charge in [0.2, 0.25) is 0 Å². The van der Waals surface area contributed by atoms with Gasteiger partial charge >= 0.3 is 5.97 Å². The van der Waals surface area contributed by atoms with Crippen molar-refractivity contribution in [2.24, 2.45) is 0 Å². The number of rotatable bonds is 4. The predicted molar refractivity (Wildman–Crippen MR) is 79.0 cm³/mol. The van der Waals surface area contributed by atoms with Crippen molar-refractivity contribution in [2.75, 3.05) is 13.7 Å². The molecule has 0 saturated carbocycles. The van der Waals surface area contributed by atoms with Gasteiger partial charge in [0.05, 0.1) is 19.2 Å². The van der Waals surface area contributed by atoms with Crippen LogP contribution in [0.2, 0.25) is 5.15 Å². The fraction of sp³-hybridized carbons (Fsp3) is 0.200. The monoisotopic (exact) mass is 291 g/mol. The molecule has 0 bridgehead atoms. The minimum absolute atomic E-state index is 0.336. The molecule has 0 N–H and O–H groups in total. The summed E-state index contributed by atoms with van der Waals surface area (Å²) in [4.78, 5) is 15.6. The van der Waals surface area contributed by atoms with Crippen LogP contribution in [0.4, 0.5) is 0 Å². The van der Waals surface area contributed by atoms with Gasteiger partial charge in [-0.3, -0.25) is 0 Å². The van der Waals surface area contributed by atoms with Gasteiger partial charge in [0.15, 0.2) is 0 Å².